The highest BCUT2D eigenvalue weighted by Crippen LogP contribution is 2.27. The SMILES string of the molecule is CCOC(=O)[C@H]1CCCN(CC(=O)NCC2CC2)C1. The monoisotopic (exact) mass is 268 g/mol. The number of amides is 1. The Morgan fingerprint density at radius 2 is 2.11 bits per heavy atom. The number of carbonyl (C=O) groups excluding carboxylic acids is 2. The molecule has 0 aromatic carbocycles. The first-order valence-electron chi connectivity index (χ1n) is 7.34. The lowest BCUT2D eigenvalue weighted by molar-refractivity contribution is -0.150. The van der Waals surface area contributed by atoms with Gasteiger partial charge < -0.3 is 10.1 Å². The fourth-order valence-electron chi connectivity index (χ4n) is 2.49. The van der Waals surface area contributed by atoms with Crippen molar-refractivity contribution < 1.29 is 14.3 Å². The Balaban J connectivity index is 1.70. The van der Waals surface area contributed by atoms with Gasteiger partial charge in [0.25, 0.3) is 0 Å². The van der Waals surface area contributed by atoms with Crippen molar-refractivity contribution in [3.63, 3.8) is 0 Å². The van der Waals surface area contributed by atoms with Crippen molar-refractivity contribution in [2.45, 2.75) is 32.6 Å². The number of nitrogens with one attached hydrogen (secondary N) is 1. The Bertz CT molecular complexity index is 329. The molecular formula is C14H24N2O3. The minimum Gasteiger partial charge on any atom is -0.466 e. The molecule has 2 aliphatic rings. The quantitative estimate of drug-likeness (QED) is 0.724. The van der Waals surface area contributed by atoms with Crippen molar-refractivity contribution in [3.05, 3.63) is 0 Å². The minimum absolute atomic E-state index is 0.0649. The van der Waals surface area contributed by atoms with Gasteiger partial charge in [0.15, 0.2) is 0 Å². The van der Waals surface area contributed by atoms with E-state index in [0.717, 1.165) is 25.9 Å². The van der Waals surface area contributed by atoms with Crippen LogP contribution in [0.3, 0.4) is 0 Å². The van der Waals surface area contributed by atoms with E-state index in [0.29, 0.717) is 25.6 Å². The molecule has 0 aromatic rings. The molecule has 1 N–H and O–H groups in total. The van der Waals surface area contributed by atoms with Crippen LogP contribution in [0.4, 0.5) is 0 Å². The lowest BCUT2D eigenvalue weighted by atomic mass is 9.98. The molecule has 1 aliphatic heterocycles. The van der Waals surface area contributed by atoms with Crippen LogP contribution in [0.15, 0.2) is 0 Å². The molecule has 1 atom stereocenters. The molecule has 5 nitrogen and oxygen atoms in total. The molecule has 0 radical (unpaired) electrons. The first-order chi connectivity index (χ1) is 9.19. The first kappa shape index (κ1) is 14.3. The number of hydrogen-bond donors (Lipinski definition) is 1. The van der Waals surface area contributed by atoms with Gasteiger partial charge in [-0.2, -0.15) is 0 Å². The molecule has 2 fully saturated rings. The standard InChI is InChI=1S/C14H24N2O3/c1-2-19-14(18)12-4-3-7-16(9-12)10-13(17)15-8-11-5-6-11/h11-12H,2-10H2,1H3,(H,15,17)/t12-/m0/s1. The van der Waals surface area contributed by atoms with Crippen LogP contribution in [-0.2, 0) is 14.3 Å². The summed E-state index contributed by atoms with van der Waals surface area (Å²) < 4.78 is 5.06. The smallest absolute Gasteiger partial charge is 0.310 e. The molecule has 1 saturated heterocycles. The Kier molecular flexibility index (Phi) is 5.19. The number of hydrogen-bond acceptors (Lipinski definition) is 4. The highest BCUT2D eigenvalue weighted by molar-refractivity contribution is 5.78. The van der Waals surface area contributed by atoms with Crippen LogP contribution in [0.2, 0.25) is 0 Å². The summed E-state index contributed by atoms with van der Waals surface area (Å²) in [7, 11) is 0. The van der Waals surface area contributed by atoms with Crippen LogP contribution in [0.1, 0.15) is 32.6 Å². The van der Waals surface area contributed by atoms with E-state index in [2.05, 4.69) is 10.2 Å². The molecule has 0 unspecified atom stereocenters. The Labute approximate surface area is 114 Å². The minimum atomic E-state index is -0.120. The van der Waals surface area contributed by atoms with Gasteiger partial charge in [0.1, 0.15) is 0 Å². The molecule has 1 heterocycles. The van der Waals surface area contributed by atoms with Gasteiger partial charge in [0, 0.05) is 13.1 Å². The van der Waals surface area contributed by atoms with Crippen molar-refractivity contribution in [1.29, 1.82) is 0 Å². The topological polar surface area (TPSA) is 58.6 Å². The number of carbonyl (C=O) groups is 2. The van der Waals surface area contributed by atoms with E-state index in [1.165, 1.54) is 12.8 Å². The van der Waals surface area contributed by atoms with Crippen molar-refractivity contribution in [3.8, 4) is 0 Å². The molecule has 19 heavy (non-hydrogen) atoms. The van der Waals surface area contributed by atoms with Crippen LogP contribution in [-0.4, -0.2) is 49.6 Å². The van der Waals surface area contributed by atoms with Crippen molar-refractivity contribution in [2.24, 2.45) is 11.8 Å². The number of likely N-dealkylation sites (tertiary alicyclic amines) is 1. The molecule has 2 rings (SSSR count). The molecule has 1 aliphatic carbocycles. The summed E-state index contributed by atoms with van der Waals surface area (Å²) in [4.78, 5) is 25.5. The van der Waals surface area contributed by atoms with Gasteiger partial charge >= 0.3 is 5.97 Å². The second kappa shape index (κ2) is 6.89. The van der Waals surface area contributed by atoms with Gasteiger partial charge in [0.2, 0.25) is 5.91 Å². The molecule has 5 heteroatoms. The molecule has 0 bridgehead atoms. The van der Waals surface area contributed by atoms with Crippen LogP contribution in [0.25, 0.3) is 0 Å². The van der Waals surface area contributed by atoms with E-state index in [9.17, 15) is 9.59 Å². The average molecular weight is 268 g/mol. The zero-order chi connectivity index (χ0) is 13.7. The number of piperidine rings is 1. The zero-order valence-corrected chi connectivity index (χ0v) is 11.7. The van der Waals surface area contributed by atoms with E-state index in [1.54, 1.807) is 0 Å². The summed E-state index contributed by atoms with van der Waals surface area (Å²) in [6.07, 6.45) is 4.32. The fraction of sp³-hybridized carbons (Fsp3) is 0.857. The Hall–Kier alpha value is -1.10. The lowest BCUT2D eigenvalue weighted by Crippen LogP contribution is -2.44. The van der Waals surface area contributed by atoms with E-state index >= 15 is 0 Å². The average Bonchev–Trinajstić information content (AvgIpc) is 3.21. The second-order valence-electron chi connectivity index (χ2n) is 5.57. The number of esters is 1. The summed E-state index contributed by atoms with van der Waals surface area (Å²) in [6.45, 7) is 5.01. The Morgan fingerprint density at radius 3 is 2.79 bits per heavy atom. The van der Waals surface area contributed by atoms with Gasteiger partial charge in [-0.15, -0.1) is 0 Å². The van der Waals surface area contributed by atoms with Gasteiger partial charge in [-0.1, -0.05) is 0 Å². The summed E-state index contributed by atoms with van der Waals surface area (Å²) in [5, 5.41) is 2.96. The number of rotatable bonds is 6. The van der Waals surface area contributed by atoms with Gasteiger partial charge in [-0.05, 0) is 45.1 Å². The molecule has 0 aromatic heterocycles. The third kappa shape index (κ3) is 4.82. The summed E-state index contributed by atoms with van der Waals surface area (Å²) in [5.74, 6) is 0.601. The normalized spacial score (nSPS) is 23.9. The fourth-order valence-corrected chi connectivity index (χ4v) is 2.49. The number of ether oxygens (including phenoxy) is 1. The van der Waals surface area contributed by atoms with Crippen LogP contribution < -0.4 is 5.32 Å². The molecular weight excluding hydrogens is 244 g/mol. The Morgan fingerprint density at radius 1 is 1.32 bits per heavy atom. The van der Waals surface area contributed by atoms with E-state index in [1.807, 2.05) is 6.92 Å². The maximum absolute atomic E-state index is 11.8. The predicted octanol–water partition coefficient (Wildman–Crippen LogP) is 0.788. The largest absolute Gasteiger partial charge is 0.466 e. The van der Waals surface area contributed by atoms with Crippen molar-refractivity contribution >= 4 is 11.9 Å². The highest BCUT2D eigenvalue weighted by Gasteiger charge is 2.28. The summed E-state index contributed by atoms with van der Waals surface area (Å²) in [6, 6.07) is 0. The van der Waals surface area contributed by atoms with Gasteiger partial charge in [-0.25, -0.2) is 0 Å². The highest BCUT2D eigenvalue weighted by atomic mass is 16.5. The van der Waals surface area contributed by atoms with E-state index < -0.39 is 0 Å². The molecule has 0 spiro atoms. The maximum atomic E-state index is 11.8. The van der Waals surface area contributed by atoms with Crippen molar-refractivity contribution in [2.75, 3.05) is 32.8 Å². The van der Waals surface area contributed by atoms with Crippen LogP contribution >= 0.6 is 0 Å². The summed E-state index contributed by atoms with van der Waals surface area (Å²) in [5.41, 5.74) is 0. The lowest BCUT2D eigenvalue weighted by Gasteiger charge is -2.30. The first-order valence-corrected chi connectivity index (χ1v) is 7.34. The maximum Gasteiger partial charge on any atom is 0.310 e. The van der Waals surface area contributed by atoms with Gasteiger partial charge in [-0.3, -0.25) is 14.5 Å². The van der Waals surface area contributed by atoms with Crippen LogP contribution in [0.5, 0.6) is 0 Å². The summed E-state index contributed by atoms with van der Waals surface area (Å²) >= 11 is 0. The van der Waals surface area contributed by atoms with Crippen LogP contribution in [0, 0.1) is 11.8 Å². The van der Waals surface area contributed by atoms with Crippen molar-refractivity contribution in [1.82, 2.24) is 10.2 Å². The predicted molar refractivity (Wildman–Crippen MR) is 71.5 cm³/mol. The van der Waals surface area contributed by atoms with E-state index in [4.69, 9.17) is 4.74 Å². The molecule has 1 amide bonds. The molecule has 108 valence electrons. The third-order valence-corrected chi connectivity index (χ3v) is 3.78. The second-order valence-corrected chi connectivity index (χ2v) is 5.57. The van der Waals surface area contributed by atoms with E-state index in [-0.39, 0.29) is 17.8 Å². The number of nitrogens with zero attached hydrogens (tertiary/aromatic N) is 1. The zero-order valence-electron chi connectivity index (χ0n) is 11.7. The third-order valence-electron chi connectivity index (χ3n) is 3.78. The molecule has 1 saturated carbocycles. The van der Waals surface area contributed by atoms with Gasteiger partial charge in [0.05, 0.1) is 19.1 Å².